The number of ether oxygens (including phenoxy) is 2. The molecule has 1 aromatic rings. The summed E-state index contributed by atoms with van der Waals surface area (Å²) in [4.78, 5) is 12.1. The summed E-state index contributed by atoms with van der Waals surface area (Å²) in [5, 5.41) is 12.7. The molecule has 5 heteroatoms. The Hall–Kier alpha value is -1.43. The molecule has 1 saturated heterocycles. The van der Waals surface area contributed by atoms with Gasteiger partial charge in [0.15, 0.2) is 6.29 Å². The highest BCUT2D eigenvalue weighted by Gasteiger charge is 2.30. The Morgan fingerprint density at radius 1 is 1.29 bits per heavy atom. The van der Waals surface area contributed by atoms with Crippen LogP contribution in [-0.2, 0) is 20.7 Å². The first-order valence-electron chi connectivity index (χ1n) is 7.33. The van der Waals surface area contributed by atoms with Crippen molar-refractivity contribution in [2.75, 3.05) is 13.2 Å². The van der Waals surface area contributed by atoms with Crippen molar-refractivity contribution in [1.29, 1.82) is 0 Å². The van der Waals surface area contributed by atoms with Crippen molar-refractivity contribution in [3.63, 3.8) is 0 Å². The lowest BCUT2D eigenvalue weighted by Crippen LogP contribution is -2.49. The second-order valence-corrected chi connectivity index (χ2v) is 5.60. The molecule has 21 heavy (non-hydrogen) atoms. The van der Waals surface area contributed by atoms with Crippen molar-refractivity contribution in [3.8, 4) is 0 Å². The van der Waals surface area contributed by atoms with Crippen LogP contribution in [0.15, 0.2) is 30.3 Å². The van der Waals surface area contributed by atoms with Crippen molar-refractivity contribution < 1.29 is 19.4 Å². The third kappa shape index (κ3) is 4.52. The lowest BCUT2D eigenvalue weighted by atomic mass is 10.0. The summed E-state index contributed by atoms with van der Waals surface area (Å²) >= 11 is 0. The van der Waals surface area contributed by atoms with E-state index in [2.05, 4.69) is 5.32 Å². The summed E-state index contributed by atoms with van der Waals surface area (Å²) in [5.41, 5.74) is 1.08. The van der Waals surface area contributed by atoms with E-state index < -0.39 is 12.4 Å². The number of aliphatic hydroxyl groups excluding tert-OH is 1. The Labute approximate surface area is 125 Å². The molecule has 1 amide bonds. The minimum Gasteiger partial charge on any atom is -0.383 e. The fourth-order valence-corrected chi connectivity index (χ4v) is 2.26. The zero-order valence-corrected chi connectivity index (χ0v) is 12.5. The standard InChI is InChI=1S/C16H23NO4/c1-11(2)14(18)15(19)17-13(16-20-8-9-21-16)10-12-6-4-3-5-7-12/h3-7,11,13-14,16,18H,8-10H2,1-2H3,(H,17,19)/t13-,14-/m0/s1. The van der Waals surface area contributed by atoms with Gasteiger partial charge in [-0.1, -0.05) is 44.2 Å². The molecule has 116 valence electrons. The number of hydrogen-bond acceptors (Lipinski definition) is 4. The van der Waals surface area contributed by atoms with Crippen LogP contribution in [0.3, 0.4) is 0 Å². The molecule has 0 bridgehead atoms. The van der Waals surface area contributed by atoms with Gasteiger partial charge in [-0.2, -0.15) is 0 Å². The van der Waals surface area contributed by atoms with Gasteiger partial charge in [0, 0.05) is 0 Å². The molecule has 0 saturated carbocycles. The number of rotatable bonds is 6. The number of amides is 1. The zero-order chi connectivity index (χ0) is 15.2. The molecule has 1 aliphatic heterocycles. The van der Waals surface area contributed by atoms with Crippen molar-refractivity contribution in [1.82, 2.24) is 5.32 Å². The molecule has 0 spiro atoms. The Balaban J connectivity index is 2.03. The molecular formula is C16H23NO4. The Morgan fingerprint density at radius 3 is 2.48 bits per heavy atom. The van der Waals surface area contributed by atoms with E-state index in [1.807, 2.05) is 30.3 Å². The first-order valence-corrected chi connectivity index (χ1v) is 7.33. The maximum atomic E-state index is 12.1. The largest absolute Gasteiger partial charge is 0.383 e. The van der Waals surface area contributed by atoms with Crippen molar-refractivity contribution in [3.05, 3.63) is 35.9 Å². The topological polar surface area (TPSA) is 67.8 Å². The SMILES string of the molecule is CC(C)[C@H](O)C(=O)N[C@@H](Cc1ccccc1)C1OCCO1. The van der Waals surface area contributed by atoms with Gasteiger partial charge in [-0.25, -0.2) is 0 Å². The molecule has 1 aliphatic rings. The molecule has 1 aromatic carbocycles. The lowest BCUT2D eigenvalue weighted by Gasteiger charge is -2.25. The molecule has 0 aliphatic carbocycles. The highest BCUT2D eigenvalue weighted by Crippen LogP contribution is 2.14. The number of hydrogen-bond donors (Lipinski definition) is 2. The zero-order valence-electron chi connectivity index (χ0n) is 12.5. The molecule has 1 fully saturated rings. The Bertz CT molecular complexity index is 443. The van der Waals surface area contributed by atoms with E-state index >= 15 is 0 Å². The van der Waals surface area contributed by atoms with Gasteiger partial charge in [0.25, 0.3) is 0 Å². The summed E-state index contributed by atoms with van der Waals surface area (Å²) in [7, 11) is 0. The molecule has 2 rings (SSSR count). The van der Waals surface area contributed by atoms with Gasteiger partial charge < -0.3 is 19.9 Å². The van der Waals surface area contributed by atoms with E-state index in [1.165, 1.54) is 0 Å². The first kappa shape index (κ1) is 15.9. The van der Waals surface area contributed by atoms with Crippen LogP contribution in [0, 0.1) is 5.92 Å². The van der Waals surface area contributed by atoms with Crippen LogP contribution in [0.1, 0.15) is 19.4 Å². The maximum Gasteiger partial charge on any atom is 0.249 e. The van der Waals surface area contributed by atoms with Gasteiger partial charge in [-0.3, -0.25) is 4.79 Å². The number of nitrogens with one attached hydrogen (secondary N) is 1. The van der Waals surface area contributed by atoms with E-state index in [4.69, 9.17) is 9.47 Å². The summed E-state index contributed by atoms with van der Waals surface area (Å²) in [5.74, 6) is -0.516. The van der Waals surface area contributed by atoms with E-state index in [0.29, 0.717) is 19.6 Å². The summed E-state index contributed by atoms with van der Waals surface area (Å²) in [6.45, 7) is 4.66. The molecular weight excluding hydrogens is 270 g/mol. The predicted molar refractivity (Wildman–Crippen MR) is 78.6 cm³/mol. The molecule has 2 atom stereocenters. The smallest absolute Gasteiger partial charge is 0.249 e. The second kappa shape index (κ2) is 7.54. The fourth-order valence-electron chi connectivity index (χ4n) is 2.26. The van der Waals surface area contributed by atoms with E-state index in [-0.39, 0.29) is 17.9 Å². The maximum absolute atomic E-state index is 12.1. The molecule has 1 heterocycles. The van der Waals surface area contributed by atoms with Crippen molar-refractivity contribution in [2.24, 2.45) is 5.92 Å². The highest BCUT2D eigenvalue weighted by atomic mass is 16.7. The monoisotopic (exact) mass is 293 g/mol. The van der Waals surface area contributed by atoms with Gasteiger partial charge in [-0.15, -0.1) is 0 Å². The number of benzene rings is 1. The quantitative estimate of drug-likeness (QED) is 0.824. The second-order valence-electron chi connectivity index (χ2n) is 5.60. The molecule has 0 aromatic heterocycles. The van der Waals surface area contributed by atoms with Crippen LogP contribution in [0.2, 0.25) is 0 Å². The van der Waals surface area contributed by atoms with E-state index in [9.17, 15) is 9.90 Å². The van der Waals surface area contributed by atoms with Crippen LogP contribution in [0.4, 0.5) is 0 Å². The Morgan fingerprint density at radius 2 is 1.90 bits per heavy atom. The predicted octanol–water partition coefficient (Wildman–Crippen LogP) is 1.10. The lowest BCUT2D eigenvalue weighted by molar-refractivity contribution is -0.136. The average Bonchev–Trinajstić information content (AvgIpc) is 3.00. The summed E-state index contributed by atoms with van der Waals surface area (Å²) < 4.78 is 11.0. The first-order chi connectivity index (χ1) is 10.1. The summed E-state index contributed by atoms with van der Waals surface area (Å²) in [6.07, 6.45) is -0.889. The number of carbonyl (C=O) groups is 1. The fraction of sp³-hybridized carbons (Fsp3) is 0.562. The normalized spacial score (nSPS) is 18.7. The third-order valence-corrected chi connectivity index (χ3v) is 3.50. The van der Waals surface area contributed by atoms with Gasteiger partial charge in [0.1, 0.15) is 6.10 Å². The number of aliphatic hydroxyl groups is 1. The van der Waals surface area contributed by atoms with Crippen LogP contribution in [0.5, 0.6) is 0 Å². The molecule has 0 unspecified atom stereocenters. The van der Waals surface area contributed by atoms with Crippen LogP contribution in [-0.4, -0.2) is 42.7 Å². The molecule has 5 nitrogen and oxygen atoms in total. The van der Waals surface area contributed by atoms with Gasteiger partial charge in [0.2, 0.25) is 5.91 Å². The van der Waals surface area contributed by atoms with Crippen molar-refractivity contribution in [2.45, 2.75) is 38.7 Å². The van der Waals surface area contributed by atoms with Gasteiger partial charge in [-0.05, 0) is 17.9 Å². The third-order valence-electron chi connectivity index (χ3n) is 3.50. The average molecular weight is 293 g/mol. The van der Waals surface area contributed by atoms with E-state index in [0.717, 1.165) is 5.56 Å². The van der Waals surface area contributed by atoms with E-state index in [1.54, 1.807) is 13.8 Å². The molecule has 0 radical (unpaired) electrons. The number of carbonyl (C=O) groups excluding carboxylic acids is 1. The minimum absolute atomic E-state index is 0.132. The van der Waals surface area contributed by atoms with Crippen LogP contribution in [0.25, 0.3) is 0 Å². The summed E-state index contributed by atoms with van der Waals surface area (Å²) in [6, 6.07) is 9.53. The van der Waals surface area contributed by atoms with Crippen LogP contribution >= 0.6 is 0 Å². The minimum atomic E-state index is -1.02. The van der Waals surface area contributed by atoms with Gasteiger partial charge in [0.05, 0.1) is 19.3 Å². The highest BCUT2D eigenvalue weighted by molar-refractivity contribution is 5.81. The van der Waals surface area contributed by atoms with Crippen LogP contribution < -0.4 is 5.32 Å². The van der Waals surface area contributed by atoms with Gasteiger partial charge >= 0.3 is 0 Å². The molecule has 2 N–H and O–H groups in total. The Kier molecular flexibility index (Phi) is 5.73. The van der Waals surface area contributed by atoms with Crippen molar-refractivity contribution >= 4 is 5.91 Å².